The molecule has 8 atom stereocenters. The standard InChI is InChI=1S/C31H51F3N8O3/c1-4-9-40-22-12-19(13-31(32,33)34)5-7-21(22)39-24(40)8-6-18-10-20(11-18)41(17(2)3)14-23-26(43)27(44)30(45-23)42-16-38-25-28(35)36-15-37-29(25)42/h5,7,12,17-18,20,23-30,36-39,43-44H,4,6,8-11,13-16,35H2,1-3H3/t18-,20+,23-,24?,25?,26-,27-,28?,29?,30-/m1/s1. The van der Waals surface area contributed by atoms with Gasteiger partial charge in [-0.2, -0.15) is 13.2 Å². The van der Waals surface area contributed by atoms with Crippen LogP contribution >= 0.6 is 0 Å². The summed E-state index contributed by atoms with van der Waals surface area (Å²) in [6.45, 7) is 8.80. The molecule has 1 saturated carbocycles. The summed E-state index contributed by atoms with van der Waals surface area (Å²) in [5.74, 6) is 0.557. The summed E-state index contributed by atoms with van der Waals surface area (Å²) in [6, 6.07) is 5.66. The highest BCUT2D eigenvalue weighted by molar-refractivity contribution is 5.76. The zero-order valence-corrected chi connectivity index (χ0v) is 26.5. The Morgan fingerprint density at radius 2 is 1.89 bits per heavy atom. The Labute approximate surface area is 264 Å². The lowest BCUT2D eigenvalue weighted by molar-refractivity contribution is -0.127. The molecule has 4 unspecified atom stereocenters. The van der Waals surface area contributed by atoms with E-state index in [4.69, 9.17) is 10.5 Å². The molecule has 45 heavy (non-hydrogen) atoms. The minimum atomic E-state index is -4.22. The van der Waals surface area contributed by atoms with Gasteiger partial charge in [-0.1, -0.05) is 13.0 Å². The van der Waals surface area contributed by atoms with Crippen molar-refractivity contribution in [3.63, 3.8) is 0 Å². The molecule has 4 fully saturated rings. The molecule has 4 aliphatic heterocycles. The Morgan fingerprint density at radius 3 is 2.60 bits per heavy atom. The van der Waals surface area contributed by atoms with Crippen molar-refractivity contribution in [1.82, 2.24) is 25.8 Å². The van der Waals surface area contributed by atoms with Gasteiger partial charge in [-0.15, -0.1) is 0 Å². The second kappa shape index (κ2) is 13.4. The smallest absolute Gasteiger partial charge is 0.387 e. The monoisotopic (exact) mass is 640 g/mol. The molecule has 5 aliphatic rings. The van der Waals surface area contributed by atoms with E-state index in [0.29, 0.717) is 37.4 Å². The van der Waals surface area contributed by atoms with Crippen molar-refractivity contribution in [3.8, 4) is 0 Å². The van der Waals surface area contributed by atoms with Crippen LogP contribution in [0.5, 0.6) is 0 Å². The van der Waals surface area contributed by atoms with Gasteiger partial charge < -0.3 is 30.9 Å². The normalized spacial score (nSPS) is 36.8. The first-order valence-corrected chi connectivity index (χ1v) is 16.6. The molecule has 14 heteroatoms. The number of nitrogens with two attached hydrogens (primary N) is 1. The maximum atomic E-state index is 13.0. The van der Waals surface area contributed by atoms with Crippen molar-refractivity contribution < 1.29 is 28.1 Å². The minimum Gasteiger partial charge on any atom is -0.387 e. The molecular weight excluding hydrogens is 589 g/mol. The number of fused-ring (bicyclic) bond motifs is 2. The largest absolute Gasteiger partial charge is 0.393 e. The number of halogens is 3. The lowest BCUT2D eigenvalue weighted by atomic mass is 9.76. The number of hydrogen-bond acceptors (Lipinski definition) is 11. The number of alkyl halides is 3. The van der Waals surface area contributed by atoms with Crippen molar-refractivity contribution in [2.24, 2.45) is 11.7 Å². The number of benzene rings is 1. The summed E-state index contributed by atoms with van der Waals surface area (Å²) in [6.07, 6.45) is -3.57. The fraction of sp³-hybridized carbons (Fsp3) is 0.806. The van der Waals surface area contributed by atoms with Gasteiger partial charge in [0.15, 0.2) is 0 Å². The number of aliphatic hydroxyl groups excluding tert-OH is 2. The molecule has 1 aromatic carbocycles. The van der Waals surface area contributed by atoms with E-state index in [2.05, 4.69) is 51.8 Å². The van der Waals surface area contributed by atoms with E-state index in [1.165, 1.54) is 0 Å². The molecule has 1 aliphatic carbocycles. The van der Waals surface area contributed by atoms with Crippen LogP contribution in [0.3, 0.4) is 0 Å². The zero-order valence-electron chi connectivity index (χ0n) is 26.5. The number of rotatable bonds is 11. The second-order valence-corrected chi connectivity index (χ2v) is 13.9. The first-order valence-electron chi connectivity index (χ1n) is 16.6. The third-order valence-electron chi connectivity index (χ3n) is 10.4. The van der Waals surface area contributed by atoms with Gasteiger partial charge in [-0.05, 0) is 69.6 Å². The van der Waals surface area contributed by atoms with Crippen molar-refractivity contribution in [2.45, 2.75) is 127 Å². The maximum Gasteiger partial charge on any atom is 0.393 e. The Balaban J connectivity index is 1.01. The number of hydrogen-bond donors (Lipinski definition) is 7. The van der Waals surface area contributed by atoms with Gasteiger partial charge >= 0.3 is 6.18 Å². The number of nitrogens with one attached hydrogen (secondary N) is 4. The molecule has 3 saturated heterocycles. The van der Waals surface area contributed by atoms with E-state index in [1.54, 1.807) is 18.2 Å². The summed E-state index contributed by atoms with van der Waals surface area (Å²) in [5, 5.41) is 35.6. The summed E-state index contributed by atoms with van der Waals surface area (Å²) in [7, 11) is 0. The van der Waals surface area contributed by atoms with E-state index in [-0.39, 0.29) is 30.6 Å². The molecule has 0 bridgehead atoms. The molecule has 0 amide bonds. The molecule has 11 nitrogen and oxygen atoms in total. The molecule has 1 aromatic rings. The molecule has 254 valence electrons. The third-order valence-corrected chi connectivity index (χ3v) is 10.4. The van der Waals surface area contributed by atoms with Crippen molar-refractivity contribution in [2.75, 3.05) is 36.6 Å². The van der Waals surface area contributed by atoms with Crippen molar-refractivity contribution in [1.29, 1.82) is 0 Å². The highest BCUT2D eigenvalue weighted by Gasteiger charge is 2.52. The number of anilines is 2. The van der Waals surface area contributed by atoms with Crippen LogP contribution < -0.4 is 31.9 Å². The fourth-order valence-corrected chi connectivity index (χ4v) is 8.04. The quantitative estimate of drug-likeness (QED) is 0.190. The first kappa shape index (κ1) is 33.2. The fourth-order valence-electron chi connectivity index (χ4n) is 8.04. The molecule has 0 spiro atoms. The van der Waals surface area contributed by atoms with Crippen molar-refractivity contribution in [3.05, 3.63) is 23.8 Å². The summed E-state index contributed by atoms with van der Waals surface area (Å²) in [4.78, 5) is 6.66. The highest BCUT2D eigenvalue weighted by Crippen LogP contribution is 2.41. The van der Waals surface area contributed by atoms with Crippen LogP contribution in [0.1, 0.15) is 58.4 Å². The molecule has 8 N–H and O–H groups in total. The summed E-state index contributed by atoms with van der Waals surface area (Å²) < 4.78 is 45.5. The van der Waals surface area contributed by atoms with Crippen molar-refractivity contribution >= 4 is 11.4 Å². The van der Waals surface area contributed by atoms with Crippen LogP contribution in [0.15, 0.2) is 18.2 Å². The van der Waals surface area contributed by atoms with E-state index < -0.39 is 37.1 Å². The molecule has 6 rings (SSSR count). The first-order chi connectivity index (χ1) is 21.4. The van der Waals surface area contributed by atoms with Gasteiger partial charge in [0.05, 0.1) is 49.0 Å². The van der Waals surface area contributed by atoms with E-state index in [1.807, 2.05) is 4.90 Å². The van der Waals surface area contributed by atoms with Crippen LogP contribution in [-0.2, 0) is 11.2 Å². The lowest BCUT2D eigenvalue weighted by Crippen LogP contribution is -2.68. The summed E-state index contributed by atoms with van der Waals surface area (Å²) >= 11 is 0. The Bertz CT molecular complexity index is 1160. The van der Waals surface area contributed by atoms with Gasteiger partial charge in [0.25, 0.3) is 0 Å². The average Bonchev–Trinajstić information content (AvgIpc) is 3.61. The number of aliphatic hydroxyl groups is 2. The van der Waals surface area contributed by atoms with Gasteiger partial charge in [0.1, 0.15) is 24.5 Å². The molecule has 0 radical (unpaired) electrons. The van der Waals surface area contributed by atoms with Crippen LogP contribution in [-0.4, -0.2) is 114 Å². The highest BCUT2D eigenvalue weighted by atomic mass is 19.4. The predicted molar refractivity (Wildman–Crippen MR) is 166 cm³/mol. The molecule has 4 heterocycles. The topological polar surface area (TPSA) is 134 Å². The van der Waals surface area contributed by atoms with Crippen LogP contribution in [0.2, 0.25) is 0 Å². The lowest BCUT2D eigenvalue weighted by Gasteiger charge is -2.46. The van der Waals surface area contributed by atoms with E-state index in [0.717, 1.165) is 50.0 Å². The maximum absolute atomic E-state index is 13.0. The van der Waals surface area contributed by atoms with E-state index >= 15 is 0 Å². The second-order valence-electron chi connectivity index (χ2n) is 13.9. The number of ether oxygens (including phenoxy) is 1. The van der Waals surface area contributed by atoms with Crippen LogP contribution in [0, 0.1) is 5.92 Å². The van der Waals surface area contributed by atoms with Gasteiger partial charge in [0.2, 0.25) is 0 Å². The van der Waals surface area contributed by atoms with Crippen LogP contribution in [0.4, 0.5) is 24.5 Å². The van der Waals surface area contributed by atoms with E-state index in [9.17, 15) is 23.4 Å². The third kappa shape index (κ3) is 6.95. The Hall–Kier alpha value is -1.75. The zero-order chi connectivity index (χ0) is 32.0. The SMILES string of the molecule is CCCN1c2cc(CC(F)(F)F)ccc2NC1CC[C@H]1C[C@@H](N(C[C@H]2O[C@@H](N3CNC4C(N)NCNC43)[C@H](O)[C@@H]2O)C(C)C)C1. The molecular formula is C31H51F3N8O3. The predicted octanol–water partition coefficient (Wildman–Crippen LogP) is 1.47. The Morgan fingerprint density at radius 1 is 1.11 bits per heavy atom. The average molecular weight is 641 g/mol. The van der Waals surface area contributed by atoms with Gasteiger partial charge in [-0.3, -0.25) is 20.9 Å². The minimum absolute atomic E-state index is 0.0284. The molecule has 0 aromatic heterocycles. The summed E-state index contributed by atoms with van der Waals surface area (Å²) in [5.41, 5.74) is 8.29. The van der Waals surface area contributed by atoms with Gasteiger partial charge in [-0.25, -0.2) is 4.90 Å². The van der Waals surface area contributed by atoms with Gasteiger partial charge in [0, 0.05) is 31.8 Å². The number of nitrogens with zero attached hydrogens (tertiary/aromatic N) is 3. The van der Waals surface area contributed by atoms with Crippen LogP contribution in [0.25, 0.3) is 0 Å². The Kier molecular flexibility index (Phi) is 9.87.